The van der Waals surface area contributed by atoms with Crippen LogP contribution in [0.15, 0.2) is 23.1 Å². The predicted octanol–water partition coefficient (Wildman–Crippen LogP) is 1.10. The van der Waals surface area contributed by atoms with Crippen molar-refractivity contribution in [2.75, 3.05) is 20.3 Å². The number of nitrogens with one attached hydrogen (secondary N) is 1. The Morgan fingerprint density at radius 3 is 2.57 bits per heavy atom. The number of benzene rings is 1. The summed E-state index contributed by atoms with van der Waals surface area (Å²) >= 11 is 0. The van der Waals surface area contributed by atoms with Crippen LogP contribution < -0.4 is 9.46 Å². The monoisotopic (exact) mass is 317 g/mol. The molecule has 8 heteroatoms. The minimum atomic E-state index is -3.79. The molecule has 0 amide bonds. The van der Waals surface area contributed by atoms with Crippen molar-refractivity contribution in [2.45, 2.75) is 24.8 Å². The fourth-order valence-electron chi connectivity index (χ4n) is 1.58. The van der Waals surface area contributed by atoms with E-state index in [1.165, 1.54) is 19.2 Å². The maximum absolute atomic E-state index is 12.1. The van der Waals surface area contributed by atoms with Crippen LogP contribution in [-0.2, 0) is 14.8 Å². The van der Waals surface area contributed by atoms with Gasteiger partial charge in [0.15, 0.2) is 0 Å². The average molecular weight is 317 g/mol. The Morgan fingerprint density at radius 1 is 1.38 bits per heavy atom. The molecule has 0 bridgehead atoms. The van der Waals surface area contributed by atoms with E-state index in [-0.39, 0.29) is 35.5 Å². The number of sulfonamides is 1. The van der Waals surface area contributed by atoms with E-state index in [0.717, 1.165) is 6.07 Å². The lowest BCUT2D eigenvalue weighted by molar-refractivity contribution is 0.0693. The van der Waals surface area contributed by atoms with Crippen molar-refractivity contribution >= 4 is 16.0 Å². The third kappa shape index (κ3) is 5.00. The molecular weight excluding hydrogens is 298 g/mol. The molecule has 0 heterocycles. The molecule has 0 unspecified atom stereocenters. The van der Waals surface area contributed by atoms with Crippen LogP contribution in [0.4, 0.5) is 0 Å². The Balaban J connectivity index is 2.88. The molecule has 0 saturated heterocycles. The number of carbonyl (C=O) groups is 1. The molecule has 118 valence electrons. The molecule has 0 atom stereocenters. The summed E-state index contributed by atoms with van der Waals surface area (Å²) in [6, 6.07) is 3.66. The van der Waals surface area contributed by atoms with Gasteiger partial charge in [-0.2, -0.15) is 0 Å². The fraction of sp³-hybridized carbons (Fsp3) is 0.462. The Hall–Kier alpha value is -1.64. The molecule has 0 aliphatic carbocycles. The van der Waals surface area contributed by atoms with Crippen LogP contribution in [-0.4, -0.2) is 45.9 Å². The first-order chi connectivity index (χ1) is 9.77. The summed E-state index contributed by atoms with van der Waals surface area (Å²) in [7, 11) is -2.47. The molecule has 0 aliphatic rings. The number of hydrogen-bond acceptors (Lipinski definition) is 5. The highest BCUT2D eigenvalue weighted by Crippen LogP contribution is 2.22. The van der Waals surface area contributed by atoms with Gasteiger partial charge >= 0.3 is 5.97 Å². The Kier molecular flexibility index (Phi) is 6.13. The maximum Gasteiger partial charge on any atom is 0.339 e. The molecule has 21 heavy (non-hydrogen) atoms. The first-order valence-electron chi connectivity index (χ1n) is 6.30. The van der Waals surface area contributed by atoms with Crippen molar-refractivity contribution in [3.63, 3.8) is 0 Å². The van der Waals surface area contributed by atoms with Crippen LogP contribution in [0.2, 0.25) is 0 Å². The molecule has 2 N–H and O–H groups in total. The fourth-order valence-corrected chi connectivity index (χ4v) is 2.61. The quantitative estimate of drug-likeness (QED) is 0.696. The predicted molar refractivity (Wildman–Crippen MR) is 76.2 cm³/mol. The van der Waals surface area contributed by atoms with Crippen molar-refractivity contribution in [3.8, 4) is 5.75 Å². The molecule has 1 aromatic rings. The van der Waals surface area contributed by atoms with Crippen LogP contribution in [0.25, 0.3) is 0 Å². The highest BCUT2D eigenvalue weighted by Gasteiger charge is 2.19. The standard InChI is InChI=1S/C13H19NO6S/c1-9(2)20-7-6-14-21(17,18)10-4-5-12(19-3)11(8-10)13(15)16/h4-5,8-9,14H,6-7H2,1-3H3,(H,15,16). The van der Waals surface area contributed by atoms with Crippen molar-refractivity contribution in [1.82, 2.24) is 4.72 Å². The normalized spacial score (nSPS) is 11.6. The van der Waals surface area contributed by atoms with Crippen molar-refractivity contribution in [1.29, 1.82) is 0 Å². The number of carboxylic acid groups (broad SMARTS) is 1. The molecule has 0 radical (unpaired) electrons. The Morgan fingerprint density at radius 2 is 2.05 bits per heavy atom. The zero-order valence-corrected chi connectivity index (χ0v) is 12.9. The summed E-state index contributed by atoms with van der Waals surface area (Å²) in [4.78, 5) is 10.9. The van der Waals surface area contributed by atoms with Crippen LogP contribution in [0.1, 0.15) is 24.2 Å². The third-order valence-electron chi connectivity index (χ3n) is 2.56. The number of carboxylic acids is 1. The number of rotatable bonds is 8. The van der Waals surface area contributed by atoms with Gasteiger partial charge in [-0.05, 0) is 32.0 Å². The lowest BCUT2D eigenvalue weighted by atomic mass is 10.2. The van der Waals surface area contributed by atoms with Gasteiger partial charge in [0.2, 0.25) is 10.0 Å². The van der Waals surface area contributed by atoms with E-state index >= 15 is 0 Å². The first kappa shape index (κ1) is 17.4. The summed E-state index contributed by atoms with van der Waals surface area (Å²) in [6.07, 6.45) is 0.00843. The molecular formula is C13H19NO6S. The molecule has 0 saturated carbocycles. The average Bonchev–Trinajstić information content (AvgIpc) is 2.42. The van der Waals surface area contributed by atoms with Gasteiger partial charge in [-0.3, -0.25) is 0 Å². The highest BCUT2D eigenvalue weighted by atomic mass is 32.2. The number of ether oxygens (including phenoxy) is 2. The van der Waals surface area contributed by atoms with Crippen molar-refractivity contribution < 1.29 is 27.8 Å². The van der Waals surface area contributed by atoms with Gasteiger partial charge in [0.05, 0.1) is 24.7 Å². The van der Waals surface area contributed by atoms with E-state index in [9.17, 15) is 13.2 Å². The number of hydrogen-bond donors (Lipinski definition) is 2. The molecule has 0 aliphatic heterocycles. The van der Waals surface area contributed by atoms with Gasteiger partial charge < -0.3 is 14.6 Å². The number of aromatic carboxylic acids is 1. The van der Waals surface area contributed by atoms with E-state index < -0.39 is 16.0 Å². The van der Waals surface area contributed by atoms with Crippen molar-refractivity contribution in [2.24, 2.45) is 0 Å². The van der Waals surface area contributed by atoms with E-state index in [1.807, 2.05) is 13.8 Å². The van der Waals surface area contributed by atoms with E-state index in [1.54, 1.807) is 0 Å². The smallest absolute Gasteiger partial charge is 0.339 e. The zero-order chi connectivity index (χ0) is 16.0. The second kappa shape index (κ2) is 7.39. The zero-order valence-electron chi connectivity index (χ0n) is 12.1. The second-order valence-electron chi connectivity index (χ2n) is 4.48. The topological polar surface area (TPSA) is 102 Å². The summed E-state index contributed by atoms with van der Waals surface area (Å²) < 4.78 is 36.6. The summed E-state index contributed by atoms with van der Waals surface area (Å²) in [5, 5.41) is 9.05. The molecule has 0 spiro atoms. The molecule has 7 nitrogen and oxygen atoms in total. The van der Waals surface area contributed by atoms with Crippen LogP contribution in [0.3, 0.4) is 0 Å². The van der Waals surface area contributed by atoms with Gasteiger partial charge in [0.25, 0.3) is 0 Å². The largest absolute Gasteiger partial charge is 0.496 e. The van der Waals surface area contributed by atoms with Gasteiger partial charge in [-0.25, -0.2) is 17.9 Å². The molecule has 1 aromatic carbocycles. The van der Waals surface area contributed by atoms with Crippen LogP contribution in [0, 0.1) is 0 Å². The van der Waals surface area contributed by atoms with Gasteiger partial charge in [-0.15, -0.1) is 0 Å². The SMILES string of the molecule is COc1ccc(S(=O)(=O)NCCOC(C)C)cc1C(=O)O. The highest BCUT2D eigenvalue weighted by molar-refractivity contribution is 7.89. The van der Waals surface area contributed by atoms with Gasteiger partial charge in [0, 0.05) is 6.54 Å². The maximum atomic E-state index is 12.1. The summed E-state index contributed by atoms with van der Waals surface area (Å²) in [6.45, 7) is 4.03. The van der Waals surface area contributed by atoms with E-state index in [0.29, 0.717) is 0 Å². The van der Waals surface area contributed by atoms with Crippen LogP contribution in [0.5, 0.6) is 5.75 Å². The minimum absolute atomic E-state index is 0.00843. The minimum Gasteiger partial charge on any atom is -0.496 e. The van der Waals surface area contributed by atoms with E-state index in [2.05, 4.69) is 4.72 Å². The molecule has 0 fully saturated rings. The lowest BCUT2D eigenvalue weighted by Crippen LogP contribution is -2.28. The second-order valence-corrected chi connectivity index (χ2v) is 6.25. The van der Waals surface area contributed by atoms with Gasteiger partial charge in [0.1, 0.15) is 11.3 Å². The Bertz CT molecular complexity index is 597. The molecule has 0 aromatic heterocycles. The van der Waals surface area contributed by atoms with Crippen molar-refractivity contribution in [3.05, 3.63) is 23.8 Å². The lowest BCUT2D eigenvalue weighted by Gasteiger charge is -2.11. The summed E-state index contributed by atoms with van der Waals surface area (Å²) in [5.74, 6) is -1.16. The van der Waals surface area contributed by atoms with E-state index in [4.69, 9.17) is 14.6 Å². The molecule has 1 rings (SSSR count). The first-order valence-corrected chi connectivity index (χ1v) is 7.79. The third-order valence-corrected chi connectivity index (χ3v) is 4.02. The summed E-state index contributed by atoms with van der Waals surface area (Å²) in [5.41, 5.74) is -0.209. The van der Waals surface area contributed by atoms with Crippen LogP contribution >= 0.6 is 0 Å². The Labute approximate surface area is 123 Å². The number of methoxy groups -OCH3 is 1. The van der Waals surface area contributed by atoms with Gasteiger partial charge in [-0.1, -0.05) is 0 Å².